The minimum atomic E-state index is -4.95. The second kappa shape index (κ2) is 90.4. The molecule has 0 bridgehead atoms. The van der Waals surface area contributed by atoms with Crippen molar-refractivity contribution in [2.45, 2.75) is 411 Å². The minimum absolute atomic E-state index is 0.0740. The molecule has 0 fully saturated rings. The average Bonchev–Trinajstić information content (AvgIpc) is 0.901. The highest BCUT2D eigenvalue weighted by molar-refractivity contribution is 7.47. The molecule has 0 saturated carbocycles. The largest absolute Gasteiger partial charge is 0.472 e. The first-order chi connectivity index (χ1) is 57.2. The number of hydrogen-bond acceptors (Lipinski definition) is 14. The van der Waals surface area contributed by atoms with Crippen molar-refractivity contribution < 1.29 is 75.8 Å². The van der Waals surface area contributed by atoms with Crippen LogP contribution in [-0.4, -0.2) is 95.9 Å². The molecule has 0 aliphatic heterocycles. The highest BCUT2D eigenvalue weighted by Gasteiger charge is 2.29. The third-order valence-electron chi connectivity index (χ3n) is 19.7. The maximum atomic E-state index is 13.0. The Kier molecular flexibility index (Phi) is 86.7. The van der Waals surface area contributed by atoms with E-state index in [0.717, 1.165) is 154 Å². The number of aliphatic hydroxyl groups is 2. The van der Waals surface area contributed by atoms with Gasteiger partial charge in [-0.15, -0.1) is 0 Å². The molecule has 117 heavy (non-hydrogen) atoms. The molecule has 5 atom stereocenters. The van der Waals surface area contributed by atoms with E-state index in [2.05, 4.69) is 179 Å². The molecule has 4 N–H and O–H groups in total. The summed E-state index contributed by atoms with van der Waals surface area (Å²) >= 11 is 0. The maximum absolute atomic E-state index is 13.0. The number of phosphoric ester groups is 2. The van der Waals surface area contributed by atoms with Crippen LogP contribution in [0.15, 0.2) is 158 Å². The lowest BCUT2D eigenvalue weighted by atomic mass is 10.0. The maximum Gasteiger partial charge on any atom is 0.472 e. The summed E-state index contributed by atoms with van der Waals surface area (Å²) < 4.78 is 61.4. The summed E-state index contributed by atoms with van der Waals surface area (Å²) in [5.41, 5.74) is 0. The van der Waals surface area contributed by atoms with Crippen molar-refractivity contribution in [3.63, 3.8) is 0 Å². The molecule has 0 amide bonds. The summed E-state index contributed by atoms with van der Waals surface area (Å²) in [6.45, 7) is 2.44. The average molecular weight is 1680 g/mol. The number of allylic oxidation sites excluding steroid dienone is 26. The number of rotatable bonds is 88. The van der Waals surface area contributed by atoms with Gasteiger partial charge in [-0.25, -0.2) is 9.13 Å². The standard InChI is InChI=1S/C99H170O16P2/c1-4-7-10-13-16-19-22-25-28-31-33-35-37-39-41-43-44-45-46-47-48-50-52-53-55-57-59-62-64-67-70-73-76-79-82-85-97(102)109-88-94(100)89-111-116(105,106)112-90-95(101)91-113-117(107,108)114-93-96(115-99(104)87-84-81-78-75-72-69-66-61-30-27-24-21-18-15-12-9-6-3)92-110-98(103)86-83-80-77-74-71-68-65-63-60-58-56-54-51-49-42-40-38-36-34-32-29-26-23-20-17-14-11-8-5-2/h7,9-10,12,16-21,25-30,33-36,39-42,66,69,94-96,100-101H,4-6,8,11,13-15,22-24,31-32,37-38,43-65,67-68,70-93H2,1-3H3,(H,105,106)(H,107,108)/b10-7-,12-9-,19-16-,20-17-,21-18-,28-25-,29-26-,30-27-,35-33-,36-34-,41-39-,42-40-,69-66-. The molecule has 0 aliphatic carbocycles. The van der Waals surface area contributed by atoms with Crippen LogP contribution in [0.25, 0.3) is 0 Å². The van der Waals surface area contributed by atoms with E-state index in [1.165, 1.54) is 180 Å². The highest BCUT2D eigenvalue weighted by Crippen LogP contribution is 2.45. The number of hydrogen-bond donors (Lipinski definition) is 4. The molecule has 0 aromatic heterocycles. The third kappa shape index (κ3) is 91.7. The number of ether oxygens (including phenoxy) is 3. The van der Waals surface area contributed by atoms with E-state index in [-0.39, 0.29) is 19.3 Å². The van der Waals surface area contributed by atoms with Crippen LogP contribution in [0.4, 0.5) is 0 Å². The van der Waals surface area contributed by atoms with Gasteiger partial charge >= 0.3 is 33.6 Å². The Morgan fingerprint density at radius 3 is 0.718 bits per heavy atom. The van der Waals surface area contributed by atoms with Crippen LogP contribution in [0.3, 0.4) is 0 Å². The van der Waals surface area contributed by atoms with Crippen LogP contribution in [-0.2, 0) is 55.8 Å². The van der Waals surface area contributed by atoms with Crippen molar-refractivity contribution in [3.05, 3.63) is 158 Å². The second-order valence-electron chi connectivity index (χ2n) is 31.0. The number of carbonyl (C=O) groups is 3. The van der Waals surface area contributed by atoms with E-state index in [0.29, 0.717) is 19.3 Å². The van der Waals surface area contributed by atoms with E-state index in [1.807, 2.05) is 0 Å². The van der Waals surface area contributed by atoms with Crippen molar-refractivity contribution in [2.75, 3.05) is 39.6 Å². The quantitative estimate of drug-likeness (QED) is 0.0146. The van der Waals surface area contributed by atoms with Gasteiger partial charge in [0.05, 0.1) is 26.4 Å². The smallest absolute Gasteiger partial charge is 0.463 e. The molecule has 0 aromatic carbocycles. The Labute approximate surface area is 714 Å². The van der Waals surface area contributed by atoms with Gasteiger partial charge in [0, 0.05) is 19.3 Å². The Morgan fingerprint density at radius 2 is 0.453 bits per heavy atom. The lowest BCUT2D eigenvalue weighted by molar-refractivity contribution is -0.161. The number of unbranched alkanes of at least 4 members (excludes halogenated alkanes) is 39. The van der Waals surface area contributed by atoms with E-state index in [4.69, 9.17) is 32.3 Å². The molecule has 672 valence electrons. The zero-order valence-electron chi connectivity index (χ0n) is 74.1. The Bertz CT molecular complexity index is 2760. The normalized spacial score (nSPS) is 14.5. The van der Waals surface area contributed by atoms with Crippen molar-refractivity contribution in [2.24, 2.45) is 0 Å². The van der Waals surface area contributed by atoms with Gasteiger partial charge in [-0.1, -0.05) is 384 Å². The molecule has 0 saturated heterocycles. The predicted molar refractivity (Wildman–Crippen MR) is 491 cm³/mol. The van der Waals surface area contributed by atoms with Crippen LogP contribution < -0.4 is 0 Å². The van der Waals surface area contributed by atoms with Crippen LogP contribution >= 0.6 is 15.6 Å². The molecule has 5 unspecified atom stereocenters. The molecule has 0 radical (unpaired) electrons. The van der Waals surface area contributed by atoms with Crippen LogP contribution in [0.1, 0.15) is 393 Å². The van der Waals surface area contributed by atoms with Crippen LogP contribution in [0.5, 0.6) is 0 Å². The van der Waals surface area contributed by atoms with Gasteiger partial charge in [-0.2, -0.15) is 0 Å². The van der Waals surface area contributed by atoms with E-state index in [1.54, 1.807) is 0 Å². The van der Waals surface area contributed by atoms with Gasteiger partial charge < -0.3 is 34.2 Å². The van der Waals surface area contributed by atoms with Gasteiger partial charge in [0.2, 0.25) is 0 Å². The van der Waals surface area contributed by atoms with Crippen molar-refractivity contribution in [3.8, 4) is 0 Å². The van der Waals surface area contributed by atoms with Gasteiger partial charge in [0.1, 0.15) is 25.4 Å². The third-order valence-corrected chi connectivity index (χ3v) is 21.6. The number of phosphoric acid groups is 2. The van der Waals surface area contributed by atoms with E-state index >= 15 is 0 Å². The fraction of sp³-hybridized carbons (Fsp3) is 0.707. The molecular formula is C99H170O16P2. The number of aliphatic hydroxyl groups excluding tert-OH is 2. The van der Waals surface area contributed by atoms with Crippen molar-refractivity contribution >= 4 is 33.6 Å². The van der Waals surface area contributed by atoms with Crippen LogP contribution in [0, 0.1) is 0 Å². The molecule has 0 heterocycles. The molecule has 18 heteroatoms. The summed E-state index contributed by atoms with van der Waals surface area (Å²) in [6.07, 6.45) is 116. The van der Waals surface area contributed by atoms with Crippen molar-refractivity contribution in [1.29, 1.82) is 0 Å². The summed E-state index contributed by atoms with van der Waals surface area (Å²) in [6, 6.07) is 0. The highest BCUT2D eigenvalue weighted by atomic mass is 31.2. The first kappa shape index (κ1) is 112. The van der Waals surface area contributed by atoms with Crippen molar-refractivity contribution in [1.82, 2.24) is 0 Å². The second-order valence-corrected chi connectivity index (χ2v) is 34.0. The van der Waals surface area contributed by atoms with Gasteiger partial charge in [-0.05, 0) is 148 Å². The first-order valence-corrected chi connectivity index (χ1v) is 49.8. The topological polar surface area (TPSA) is 231 Å². The summed E-state index contributed by atoms with van der Waals surface area (Å²) in [7, 11) is -9.81. The van der Waals surface area contributed by atoms with Crippen LogP contribution in [0.2, 0.25) is 0 Å². The van der Waals surface area contributed by atoms with E-state index in [9.17, 15) is 43.5 Å². The van der Waals surface area contributed by atoms with Gasteiger partial charge in [-0.3, -0.25) is 32.5 Å². The molecule has 16 nitrogen and oxygen atoms in total. The summed E-state index contributed by atoms with van der Waals surface area (Å²) in [5, 5.41) is 20.7. The number of esters is 3. The fourth-order valence-corrected chi connectivity index (χ4v) is 14.3. The predicted octanol–water partition coefficient (Wildman–Crippen LogP) is 28.9. The van der Waals surface area contributed by atoms with E-state index < -0.39 is 91.5 Å². The Morgan fingerprint density at radius 1 is 0.248 bits per heavy atom. The first-order valence-electron chi connectivity index (χ1n) is 46.8. The lowest BCUT2D eigenvalue weighted by Gasteiger charge is -2.21. The minimum Gasteiger partial charge on any atom is -0.463 e. The zero-order valence-corrected chi connectivity index (χ0v) is 75.9. The lowest BCUT2D eigenvalue weighted by Crippen LogP contribution is -2.30. The molecule has 0 aromatic rings. The molecule has 0 aliphatic rings. The molecule has 0 rings (SSSR count). The Balaban J connectivity index is 4.47. The molecule has 0 spiro atoms. The monoisotopic (exact) mass is 1680 g/mol. The zero-order chi connectivity index (χ0) is 85.1. The number of carbonyl (C=O) groups excluding carboxylic acids is 3. The Hall–Kier alpha value is -4.83. The fourth-order valence-electron chi connectivity index (χ4n) is 12.7. The van der Waals surface area contributed by atoms with Gasteiger partial charge in [0.25, 0.3) is 0 Å². The van der Waals surface area contributed by atoms with Gasteiger partial charge in [0.15, 0.2) is 6.10 Å². The SMILES string of the molecule is CC/C=C\C/C=C\C/C=C\C/C=C\C/C=C\CCCCCCCCCCCCCCCCCCCCCC(=O)OCC(O)COP(=O)(O)OCC(O)COP(=O)(O)OCC(COC(=O)CCCCCCCCCCCCCCC/C=C\C/C=C\C/C=C\C/C=C\CCCCC)OC(=O)CCCCCC/C=C\C/C=C\C/C=C\C/C=C\CC. The summed E-state index contributed by atoms with van der Waals surface area (Å²) in [5.74, 6) is -1.59. The summed E-state index contributed by atoms with van der Waals surface area (Å²) in [4.78, 5) is 58.9. The molecular weight excluding hydrogens is 1510 g/mol.